The van der Waals surface area contributed by atoms with Crippen molar-refractivity contribution >= 4 is 23.0 Å². The Morgan fingerprint density at radius 2 is 1.81 bits per heavy atom. The highest BCUT2D eigenvalue weighted by molar-refractivity contribution is 5.68. The highest BCUT2D eigenvalue weighted by Gasteiger charge is 2.20. The van der Waals surface area contributed by atoms with Crippen LogP contribution in [-0.4, -0.2) is 17.0 Å². The number of nitrogens with zero attached hydrogens (tertiary/aromatic N) is 2. The number of anilines is 3. The van der Waals surface area contributed by atoms with Gasteiger partial charge < -0.3 is 10.6 Å². The average Bonchev–Trinajstić information content (AvgIpc) is 2.42. The van der Waals surface area contributed by atoms with Gasteiger partial charge in [0.25, 0.3) is 0 Å². The molecule has 1 aromatic carbocycles. The van der Waals surface area contributed by atoms with Crippen LogP contribution in [0.4, 0.5) is 36.2 Å². The first-order chi connectivity index (χ1) is 9.92. The minimum Gasteiger partial charge on any atom is -0.373 e. The Morgan fingerprint density at radius 1 is 1.19 bits per heavy atom. The molecule has 110 valence electrons. The molecule has 1 aromatic heterocycles. The largest absolute Gasteiger partial charge is 0.373 e. The summed E-state index contributed by atoms with van der Waals surface area (Å²) in [4.78, 5) is 14.0. The van der Waals surface area contributed by atoms with Crippen LogP contribution in [0.1, 0.15) is 0 Å². The second-order valence-electron chi connectivity index (χ2n) is 3.94. The molecule has 0 aliphatic carbocycles. The van der Waals surface area contributed by atoms with Crippen molar-refractivity contribution in [2.75, 3.05) is 17.7 Å². The number of hydrogen-bond donors (Lipinski definition) is 2. The van der Waals surface area contributed by atoms with Gasteiger partial charge in [-0.1, -0.05) is 0 Å². The summed E-state index contributed by atoms with van der Waals surface area (Å²) in [5, 5.41) is 15.7. The van der Waals surface area contributed by atoms with Gasteiger partial charge in [-0.2, -0.15) is 0 Å². The molecule has 0 fully saturated rings. The first-order valence-electron chi connectivity index (χ1n) is 5.67. The van der Waals surface area contributed by atoms with E-state index in [2.05, 4.69) is 15.6 Å². The fourth-order valence-corrected chi connectivity index (χ4v) is 1.61. The Balaban J connectivity index is 2.50. The van der Waals surface area contributed by atoms with E-state index < -0.39 is 33.7 Å². The standard InChI is InChI=1S/C12H9F3N4O2/c1-16-10-3-2-9(19(20)21)12(17-10)18-11-7(14)4-6(13)5-8(11)15/h2-5H,1H3,(H2,16,17,18). The molecule has 9 heteroatoms. The number of aromatic nitrogens is 1. The van der Waals surface area contributed by atoms with E-state index >= 15 is 0 Å². The molecule has 0 aliphatic rings. The van der Waals surface area contributed by atoms with E-state index in [0.717, 1.165) is 6.07 Å². The molecular weight excluding hydrogens is 289 g/mol. The molecule has 2 N–H and O–H groups in total. The maximum Gasteiger partial charge on any atom is 0.311 e. The average molecular weight is 298 g/mol. The van der Waals surface area contributed by atoms with E-state index in [-0.39, 0.29) is 11.6 Å². The van der Waals surface area contributed by atoms with Gasteiger partial charge in [-0.05, 0) is 6.07 Å². The Bertz CT molecular complexity index is 686. The van der Waals surface area contributed by atoms with E-state index in [9.17, 15) is 23.3 Å². The van der Waals surface area contributed by atoms with E-state index in [1.54, 1.807) is 0 Å². The summed E-state index contributed by atoms with van der Waals surface area (Å²) >= 11 is 0. The molecule has 1 heterocycles. The summed E-state index contributed by atoms with van der Waals surface area (Å²) in [6.07, 6.45) is 0. The highest BCUT2D eigenvalue weighted by Crippen LogP contribution is 2.30. The lowest BCUT2D eigenvalue weighted by Gasteiger charge is -2.10. The minimum atomic E-state index is -1.22. The number of hydrogen-bond acceptors (Lipinski definition) is 5. The molecule has 2 aromatic rings. The van der Waals surface area contributed by atoms with Gasteiger partial charge in [-0.15, -0.1) is 0 Å². The lowest BCUT2D eigenvalue weighted by atomic mass is 10.2. The van der Waals surface area contributed by atoms with Crippen molar-refractivity contribution in [1.82, 2.24) is 4.98 Å². The Hall–Kier alpha value is -2.84. The van der Waals surface area contributed by atoms with Gasteiger partial charge in [-0.25, -0.2) is 18.2 Å². The maximum atomic E-state index is 13.6. The minimum absolute atomic E-state index is 0.256. The molecule has 0 unspecified atom stereocenters. The third-order valence-corrected chi connectivity index (χ3v) is 2.58. The Labute approximate surface area is 116 Å². The molecule has 0 amide bonds. The molecule has 0 aliphatic heterocycles. The van der Waals surface area contributed by atoms with Crippen molar-refractivity contribution in [3.63, 3.8) is 0 Å². The smallest absolute Gasteiger partial charge is 0.311 e. The lowest BCUT2D eigenvalue weighted by molar-refractivity contribution is -0.384. The zero-order valence-electron chi connectivity index (χ0n) is 10.7. The third kappa shape index (κ3) is 3.02. The normalized spacial score (nSPS) is 10.3. The van der Waals surface area contributed by atoms with Gasteiger partial charge in [0.05, 0.1) is 4.92 Å². The van der Waals surface area contributed by atoms with Crippen LogP contribution in [0, 0.1) is 27.6 Å². The summed E-state index contributed by atoms with van der Waals surface area (Å²) in [6.45, 7) is 0. The molecular formula is C12H9F3N4O2. The topological polar surface area (TPSA) is 80.1 Å². The number of pyridine rings is 1. The van der Waals surface area contributed by atoms with Crippen LogP contribution in [0.15, 0.2) is 24.3 Å². The van der Waals surface area contributed by atoms with E-state index in [1.165, 1.54) is 13.1 Å². The van der Waals surface area contributed by atoms with Gasteiger partial charge in [0, 0.05) is 25.2 Å². The summed E-state index contributed by atoms with van der Waals surface area (Å²) in [5.74, 6) is -3.65. The van der Waals surface area contributed by atoms with E-state index in [0.29, 0.717) is 12.1 Å². The van der Waals surface area contributed by atoms with E-state index in [1.807, 2.05) is 0 Å². The first kappa shape index (κ1) is 14.6. The first-order valence-corrected chi connectivity index (χ1v) is 5.67. The van der Waals surface area contributed by atoms with Crippen molar-refractivity contribution in [3.05, 3.63) is 51.8 Å². The van der Waals surface area contributed by atoms with Gasteiger partial charge in [0.15, 0.2) is 11.6 Å². The van der Waals surface area contributed by atoms with Crippen molar-refractivity contribution in [3.8, 4) is 0 Å². The molecule has 6 nitrogen and oxygen atoms in total. The Kier molecular flexibility index (Phi) is 3.92. The van der Waals surface area contributed by atoms with Crippen molar-refractivity contribution in [2.24, 2.45) is 0 Å². The number of nitro groups is 1. The fraction of sp³-hybridized carbons (Fsp3) is 0.0833. The third-order valence-electron chi connectivity index (χ3n) is 2.58. The zero-order valence-corrected chi connectivity index (χ0v) is 10.7. The van der Waals surface area contributed by atoms with Crippen LogP contribution >= 0.6 is 0 Å². The van der Waals surface area contributed by atoms with E-state index in [4.69, 9.17) is 0 Å². The molecule has 0 saturated heterocycles. The van der Waals surface area contributed by atoms with Gasteiger partial charge in [0.2, 0.25) is 5.82 Å². The van der Waals surface area contributed by atoms with Crippen LogP contribution in [0.2, 0.25) is 0 Å². The predicted octanol–water partition coefficient (Wildman–Crippen LogP) is 3.19. The predicted molar refractivity (Wildman–Crippen MR) is 70.0 cm³/mol. The molecule has 0 bridgehead atoms. The lowest BCUT2D eigenvalue weighted by Crippen LogP contribution is -2.05. The maximum absolute atomic E-state index is 13.6. The summed E-state index contributed by atoms with van der Waals surface area (Å²) in [6, 6.07) is 3.37. The van der Waals surface area contributed by atoms with Crippen LogP contribution in [0.3, 0.4) is 0 Å². The molecule has 21 heavy (non-hydrogen) atoms. The monoisotopic (exact) mass is 298 g/mol. The SMILES string of the molecule is CNc1ccc([N+](=O)[O-])c(Nc2c(F)cc(F)cc2F)n1. The number of rotatable bonds is 4. The summed E-state index contributed by atoms with van der Waals surface area (Å²) in [7, 11) is 1.52. The second-order valence-corrected chi connectivity index (χ2v) is 3.94. The van der Waals surface area contributed by atoms with Gasteiger partial charge in [-0.3, -0.25) is 10.1 Å². The number of nitrogens with one attached hydrogen (secondary N) is 2. The molecule has 2 rings (SSSR count). The number of halogens is 3. The molecule has 0 saturated carbocycles. The van der Waals surface area contributed by atoms with Crippen molar-refractivity contribution in [1.29, 1.82) is 0 Å². The second kappa shape index (κ2) is 5.65. The quantitative estimate of drug-likeness (QED) is 0.669. The van der Waals surface area contributed by atoms with Crippen LogP contribution in [-0.2, 0) is 0 Å². The van der Waals surface area contributed by atoms with Gasteiger partial charge >= 0.3 is 5.69 Å². The zero-order chi connectivity index (χ0) is 15.6. The summed E-state index contributed by atoms with van der Waals surface area (Å²) < 4.78 is 39.9. The highest BCUT2D eigenvalue weighted by atomic mass is 19.1. The molecule has 0 atom stereocenters. The summed E-state index contributed by atoms with van der Waals surface area (Å²) in [5.41, 5.74) is -1.20. The fourth-order valence-electron chi connectivity index (χ4n) is 1.61. The number of benzene rings is 1. The van der Waals surface area contributed by atoms with Crippen molar-refractivity contribution < 1.29 is 18.1 Å². The van der Waals surface area contributed by atoms with Crippen LogP contribution in [0.5, 0.6) is 0 Å². The van der Waals surface area contributed by atoms with Crippen LogP contribution < -0.4 is 10.6 Å². The Morgan fingerprint density at radius 3 is 2.33 bits per heavy atom. The van der Waals surface area contributed by atoms with Crippen molar-refractivity contribution in [2.45, 2.75) is 0 Å². The van der Waals surface area contributed by atoms with Gasteiger partial charge in [0.1, 0.15) is 17.3 Å². The molecule has 0 radical (unpaired) electrons. The van der Waals surface area contributed by atoms with Crippen LogP contribution in [0.25, 0.3) is 0 Å². The molecule has 0 spiro atoms.